The number of fused-ring (bicyclic) bond motifs is 2. The van der Waals surface area contributed by atoms with Crippen LogP contribution in [0.15, 0.2) is 58.4 Å². The van der Waals surface area contributed by atoms with E-state index in [4.69, 9.17) is 10.1 Å². The van der Waals surface area contributed by atoms with E-state index in [-0.39, 0.29) is 6.61 Å². The van der Waals surface area contributed by atoms with Gasteiger partial charge in [-0.3, -0.25) is 4.99 Å². The highest BCUT2D eigenvalue weighted by Gasteiger charge is 2.18. The molecule has 0 saturated heterocycles. The number of rotatable bonds is 3. The quantitative estimate of drug-likeness (QED) is 0.874. The zero-order chi connectivity index (χ0) is 13.8. The highest BCUT2D eigenvalue weighted by molar-refractivity contribution is 7.98. The largest absolute Gasteiger partial charge is 0.396 e. The normalized spacial score (nSPS) is 15.6. The third kappa shape index (κ3) is 2.65. The minimum absolute atomic E-state index is 0.189. The summed E-state index contributed by atoms with van der Waals surface area (Å²) in [6.45, 7) is 0.855. The molecular weight excluding hydrogens is 266 g/mol. The Morgan fingerprint density at radius 1 is 1.00 bits per heavy atom. The molecule has 2 aromatic rings. The molecule has 0 fully saturated rings. The molecule has 0 aromatic heterocycles. The molecule has 2 aromatic carbocycles. The van der Waals surface area contributed by atoms with E-state index in [0.29, 0.717) is 13.0 Å². The van der Waals surface area contributed by atoms with Crippen LogP contribution in [0.5, 0.6) is 0 Å². The predicted octanol–water partition coefficient (Wildman–Crippen LogP) is 3.51. The Morgan fingerprint density at radius 2 is 1.75 bits per heavy atom. The van der Waals surface area contributed by atoms with E-state index in [1.807, 2.05) is 11.8 Å². The lowest BCUT2D eigenvalue weighted by Crippen LogP contribution is -2.07. The first-order valence-corrected chi connectivity index (χ1v) is 7.84. The summed E-state index contributed by atoms with van der Waals surface area (Å²) in [5.41, 5.74) is 4.83. The maximum atomic E-state index is 8.97. The van der Waals surface area contributed by atoms with Gasteiger partial charge in [-0.2, -0.15) is 0 Å². The van der Waals surface area contributed by atoms with Crippen LogP contribution in [-0.4, -0.2) is 24.0 Å². The molecule has 0 radical (unpaired) electrons. The van der Waals surface area contributed by atoms with Crippen molar-refractivity contribution in [1.82, 2.24) is 0 Å². The first kappa shape index (κ1) is 13.4. The van der Waals surface area contributed by atoms with Crippen molar-refractivity contribution in [3.63, 3.8) is 0 Å². The monoisotopic (exact) mass is 283 g/mol. The predicted molar refractivity (Wildman–Crippen MR) is 84.7 cm³/mol. The highest BCUT2D eigenvalue weighted by Crippen LogP contribution is 2.33. The van der Waals surface area contributed by atoms with Crippen LogP contribution in [0.2, 0.25) is 0 Å². The Balaban J connectivity index is 2.11. The zero-order valence-electron chi connectivity index (χ0n) is 11.2. The van der Waals surface area contributed by atoms with Gasteiger partial charge in [0.2, 0.25) is 0 Å². The van der Waals surface area contributed by atoms with Gasteiger partial charge in [-0.1, -0.05) is 42.5 Å². The molecular formula is C17H17NOS. The molecule has 1 aliphatic rings. The van der Waals surface area contributed by atoms with Crippen molar-refractivity contribution in [3.8, 4) is 0 Å². The highest BCUT2D eigenvalue weighted by atomic mass is 32.2. The topological polar surface area (TPSA) is 32.6 Å². The molecule has 0 amide bonds. The maximum absolute atomic E-state index is 8.97. The summed E-state index contributed by atoms with van der Waals surface area (Å²) < 4.78 is 0. The van der Waals surface area contributed by atoms with Crippen molar-refractivity contribution >= 4 is 17.5 Å². The molecule has 20 heavy (non-hydrogen) atoms. The zero-order valence-corrected chi connectivity index (χ0v) is 12.1. The second kappa shape index (κ2) is 6.25. The molecule has 3 rings (SSSR count). The van der Waals surface area contributed by atoms with Crippen LogP contribution in [0.4, 0.5) is 0 Å². The van der Waals surface area contributed by atoms with Gasteiger partial charge in [-0.15, -0.1) is 11.8 Å². The van der Waals surface area contributed by atoms with E-state index < -0.39 is 0 Å². The van der Waals surface area contributed by atoms with Crippen LogP contribution in [0.1, 0.15) is 23.1 Å². The number of nitrogens with zero attached hydrogens (tertiary/aromatic N) is 1. The molecule has 0 atom stereocenters. The summed E-state index contributed by atoms with van der Waals surface area (Å²) in [5.74, 6) is 0.978. The molecule has 102 valence electrons. The third-order valence-corrected chi connectivity index (χ3v) is 4.51. The number of thioether (sulfide) groups is 1. The Bertz CT molecular complexity index is 587. The van der Waals surface area contributed by atoms with E-state index in [9.17, 15) is 0 Å². The molecule has 1 aliphatic heterocycles. The fourth-order valence-electron chi connectivity index (χ4n) is 2.40. The van der Waals surface area contributed by atoms with Gasteiger partial charge in [0.05, 0.1) is 5.71 Å². The lowest BCUT2D eigenvalue weighted by molar-refractivity contribution is 0.291. The summed E-state index contributed by atoms with van der Waals surface area (Å²) in [5, 5.41) is 8.97. The van der Waals surface area contributed by atoms with Crippen LogP contribution in [-0.2, 0) is 5.75 Å². The lowest BCUT2D eigenvalue weighted by atomic mass is 9.98. The van der Waals surface area contributed by atoms with Gasteiger partial charge in [-0.05, 0) is 18.1 Å². The van der Waals surface area contributed by atoms with Crippen molar-refractivity contribution in [2.75, 3.05) is 13.2 Å². The molecule has 0 unspecified atom stereocenters. The standard InChI is InChI=1S/C17H17NOS/c19-11-5-10-18-17-14-7-2-1-6-13(14)12-20-16-9-4-3-8-15(16)17/h1-4,6-9,19H,5,10-12H2/b18-17+. The van der Waals surface area contributed by atoms with Gasteiger partial charge in [0.15, 0.2) is 0 Å². The third-order valence-electron chi connectivity index (χ3n) is 3.38. The van der Waals surface area contributed by atoms with Crippen molar-refractivity contribution in [1.29, 1.82) is 0 Å². The summed E-state index contributed by atoms with van der Waals surface area (Å²) in [7, 11) is 0. The van der Waals surface area contributed by atoms with Gasteiger partial charge in [0.25, 0.3) is 0 Å². The number of benzene rings is 2. The van der Waals surface area contributed by atoms with Crippen LogP contribution < -0.4 is 0 Å². The first-order chi connectivity index (χ1) is 9.90. The number of aliphatic hydroxyl groups excluding tert-OH is 1. The van der Waals surface area contributed by atoms with Gasteiger partial charge in [-0.25, -0.2) is 0 Å². The van der Waals surface area contributed by atoms with Gasteiger partial charge >= 0.3 is 0 Å². The van der Waals surface area contributed by atoms with Crippen LogP contribution >= 0.6 is 11.8 Å². The summed E-state index contributed by atoms with van der Waals surface area (Å²) in [4.78, 5) is 6.04. The van der Waals surface area contributed by atoms with E-state index in [1.165, 1.54) is 21.6 Å². The second-order valence-electron chi connectivity index (χ2n) is 4.75. The number of aliphatic imine (C=N–C) groups is 1. The molecule has 1 N–H and O–H groups in total. The molecule has 3 heteroatoms. The maximum Gasteiger partial charge on any atom is 0.0733 e. The van der Waals surface area contributed by atoms with Crippen LogP contribution in [0.3, 0.4) is 0 Å². The second-order valence-corrected chi connectivity index (χ2v) is 5.77. The number of aliphatic hydroxyl groups is 1. The molecule has 0 spiro atoms. The van der Waals surface area contributed by atoms with Crippen molar-refractivity contribution < 1.29 is 5.11 Å². The first-order valence-electron chi connectivity index (χ1n) is 6.86. The van der Waals surface area contributed by atoms with Gasteiger partial charge < -0.3 is 5.11 Å². The van der Waals surface area contributed by atoms with E-state index in [1.54, 1.807) is 0 Å². The fourth-order valence-corrected chi connectivity index (χ4v) is 3.46. The van der Waals surface area contributed by atoms with Gasteiger partial charge in [0.1, 0.15) is 0 Å². The summed E-state index contributed by atoms with van der Waals surface area (Å²) in [6, 6.07) is 16.9. The smallest absolute Gasteiger partial charge is 0.0733 e. The molecule has 0 saturated carbocycles. The minimum Gasteiger partial charge on any atom is -0.396 e. The molecule has 0 bridgehead atoms. The minimum atomic E-state index is 0.189. The average molecular weight is 283 g/mol. The van der Waals surface area contributed by atoms with E-state index >= 15 is 0 Å². The molecule has 1 heterocycles. The number of hydrogen-bond acceptors (Lipinski definition) is 3. The summed E-state index contributed by atoms with van der Waals surface area (Å²) in [6.07, 6.45) is 0.709. The van der Waals surface area contributed by atoms with Crippen molar-refractivity contribution in [2.45, 2.75) is 17.1 Å². The van der Waals surface area contributed by atoms with Gasteiger partial charge in [0, 0.05) is 34.9 Å². The Morgan fingerprint density at radius 3 is 2.60 bits per heavy atom. The Labute approximate surface area is 123 Å². The van der Waals surface area contributed by atoms with E-state index in [2.05, 4.69) is 48.5 Å². The van der Waals surface area contributed by atoms with E-state index in [0.717, 1.165) is 11.5 Å². The average Bonchev–Trinajstić information content (AvgIpc) is 2.66. The van der Waals surface area contributed by atoms with Crippen molar-refractivity contribution in [3.05, 3.63) is 65.2 Å². The fraction of sp³-hybridized carbons (Fsp3) is 0.235. The SMILES string of the molecule is OCCC/N=C1\c2ccccc2CSc2ccccc21. The molecule has 0 aliphatic carbocycles. The van der Waals surface area contributed by atoms with Crippen LogP contribution in [0.25, 0.3) is 0 Å². The Kier molecular flexibility index (Phi) is 4.19. The Hall–Kier alpha value is -1.58. The number of hydrogen-bond donors (Lipinski definition) is 1. The van der Waals surface area contributed by atoms with Crippen LogP contribution in [0, 0.1) is 0 Å². The lowest BCUT2D eigenvalue weighted by Gasteiger charge is -2.10. The molecule has 2 nitrogen and oxygen atoms in total. The van der Waals surface area contributed by atoms with Crippen molar-refractivity contribution in [2.24, 2.45) is 4.99 Å². The summed E-state index contributed by atoms with van der Waals surface area (Å²) >= 11 is 1.86.